The highest BCUT2D eigenvalue weighted by molar-refractivity contribution is 9.10. The highest BCUT2D eigenvalue weighted by Crippen LogP contribution is 2.34. The lowest BCUT2D eigenvalue weighted by Crippen LogP contribution is -2.22. The van der Waals surface area contributed by atoms with Crippen molar-refractivity contribution in [2.45, 2.75) is 13.0 Å². The molecule has 0 bridgehead atoms. The van der Waals surface area contributed by atoms with E-state index in [0.29, 0.717) is 5.92 Å². The first-order valence-corrected chi connectivity index (χ1v) is 7.01. The molecule has 0 aromatic carbocycles. The Labute approximate surface area is 108 Å². The SMILES string of the molecule is COc1sc(CNCC2CCOC2)cc1Br. The molecule has 0 aliphatic carbocycles. The zero-order valence-corrected chi connectivity index (χ0v) is 11.7. The van der Waals surface area contributed by atoms with Crippen molar-refractivity contribution in [3.8, 4) is 5.06 Å². The number of methoxy groups -OCH3 is 1. The normalized spacial score (nSPS) is 20.2. The first kappa shape index (κ1) is 12.4. The molecule has 0 spiro atoms. The molecule has 2 heterocycles. The molecule has 16 heavy (non-hydrogen) atoms. The third-order valence-corrected chi connectivity index (χ3v) is 4.60. The monoisotopic (exact) mass is 305 g/mol. The van der Waals surface area contributed by atoms with Crippen molar-refractivity contribution in [1.29, 1.82) is 0 Å². The highest BCUT2D eigenvalue weighted by atomic mass is 79.9. The van der Waals surface area contributed by atoms with Gasteiger partial charge in [0, 0.05) is 24.6 Å². The number of hydrogen-bond donors (Lipinski definition) is 1. The molecular weight excluding hydrogens is 290 g/mol. The van der Waals surface area contributed by atoms with Crippen LogP contribution >= 0.6 is 27.3 Å². The maximum Gasteiger partial charge on any atom is 0.188 e. The van der Waals surface area contributed by atoms with Crippen LogP contribution in [-0.4, -0.2) is 26.9 Å². The molecule has 1 aliphatic heterocycles. The van der Waals surface area contributed by atoms with E-state index in [4.69, 9.17) is 9.47 Å². The third-order valence-electron chi connectivity index (χ3n) is 2.65. The molecule has 0 radical (unpaired) electrons. The summed E-state index contributed by atoms with van der Waals surface area (Å²) in [7, 11) is 1.70. The van der Waals surface area contributed by atoms with E-state index in [2.05, 4.69) is 27.3 Å². The van der Waals surface area contributed by atoms with E-state index in [1.165, 1.54) is 11.3 Å². The van der Waals surface area contributed by atoms with Gasteiger partial charge < -0.3 is 14.8 Å². The summed E-state index contributed by atoms with van der Waals surface area (Å²) in [6, 6.07) is 2.11. The molecule has 1 N–H and O–H groups in total. The van der Waals surface area contributed by atoms with Crippen LogP contribution in [0.4, 0.5) is 0 Å². The van der Waals surface area contributed by atoms with E-state index < -0.39 is 0 Å². The summed E-state index contributed by atoms with van der Waals surface area (Å²) in [6.07, 6.45) is 1.18. The van der Waals surface area contributed by atoms with Gasteiger partial charge in [-0.1, -0.05) is 0 Å². The Morgan fingerprint density at radius 2 is 2.56 bits per heavy atom. The summed E-state index contributed by atoms with van der Waals surface area (Å²) in [5, 5.41) is 4.41. The number of hydrogen-bond acceptors (Lipinski definition) is 4. The summed E-state index contributed by atoms with van der Waals surface area (Å²) in [6.45, 7) is 3.77. The number of thiophene rings is 1. The van der Waals surface area contributed by atoms with Crippen LogP contribution in [0.2, 0.25) is 0 Å². The van der Waals surface area contributed by atoms with Crippen LogP contribution in [0.25, 0.3) is 0 Å². The van der Waals surface area contributed by atoms with Gasteiger partial charge in [0.25, 0.3) is 0 Å². The Morgan fingerprint density at radius 3 is 3.19 bits per heavy atom. The zero-order valence-electron chi connectivity index (χ0n) is 9.29. The van der Waals surface area contributed by atoms with Crippen LogP contribution in [0.5, 0.6) is 5.06 Å². The highest BCUT2D eigenvalue weighted by Gasteiger charge is 2.15. The first-order chi connectivity index (χ1) is 7.79. The van der Waals surface area contributed by atoms with Crippen LogP contribution in [0.15, 0.2) is 10.5 Å². The lowest BCUT2D eigenvalue weighted by Gasteiger charge is -2.07. The molecule has 0 amide bonds. The fourth-order valence-corrected chi connectivity index (χ4v) is 3.43. The average molecular weight is 306 g/mol. The van der Waals surface area contributed by atoms with E-state index in [-0.39, 0.29) is 0 Å². The zero-order chi connectivity index (χ0) is 11.4. The van der Waals surface area contributed by atoms with Gasteiger partial charge in [-0.3, -0.25) is 0 Å². The summed E-state index contributed by atoms with van der Waals surface area (Å²) < 4.78 is 11.6. The van der Waals surface area contributed by atoms with Crippen molar-refractivity contribution in [3.05, 3.63) is 15.4 Å². The molecule has 3 nitrogen and oxygen atoms in total. The van der Waals surface area contributed by atoms with Crippen molar-refractivity contribution in [2.75, 3.05) is 26.9 Å². The lowest BCUT2D eigenvalue weighted by atomic mass is 10.1. The summed E-state index contributed by atoms with van der Waals surface area (Å²) in [4.78, 5) is 1.29. The van der Waals surface area contributed by atoms with Gasteiger partial charge in [-0.15, -0.1) is 11.3 Å². The predicted octanol–water partition coefficient (Wildman–Crippen LogP) is 2.65. The maximum atomic E-state index is 5.34. The smallest absolute Gasteiger partial charge is 0.188 e. The van der Waals surface area contributed by atoms with Crippen molar-refractivity contribution in [1.82, 2.24) is 5.32 Å². The first-order valence-electron chi connectivity index (χ1n) is 5.40. The molecule has 1 aliphatic rings. The molecule has 1 aromatic heterocycles. The van der Waals surface area contributed by atoms with E-state index in [1.54, 1.807) is 18.4 Å². The molecule has 5 heteroatoms. The number of ether oxygens (including phenoxy) is 2. The van der Waals surface area contributed by atoms with Gasteiger partial charge in [-0.25, -0.2) is 0 Å². The van der Waals surface area contributed by atoms with Crippen molar-refractivity contribution in [3.63, 3.8) is 0 Å². The van der Waals surface area contributed by atoms with Gasteiger partial charge in [0.15, 0.2) is 5.06 Å². The molecule has 1 unspecified atom stereocenters. The van der Waals surface area contributed by atoms with Gasteiger partial charge in [0.05, 0.1) is 18.2 Å². The summed E-state index contributed by atoms with van der Waals surface area (Å²) >= 11 is 5.15. The second kappa shape index (κ2) is 6.00. The van der Waals surface area contributed by atoms with Crippen LogP contribution in [0, 0.1) is 5.92 Å². The Morgan fingerprint density at radius 1 is 1.69 bits per heavy atom. The number of nitrogens with one attached hydrogen (secondary N) is 1. The van der Waals surface area contributed by atoms with Crippen LogP contribution in [0.3, 0.4) is 0 Å². The van der Waals surface area contributed by atoms with E-state index in [1.807, 2.05) is 0 Å². The molecule has 1 fully saturated rings. The third kappa shape index (κ3) is 3.20. The van der Waals surface area contributed by atoms with Crippen LogP contribution in [-0.2, 0) is 11.3 Å². The maximum absolute atomic E-state index is 5.34. The van der Waals surface area contributed by atoms with Gasteiger partial charge in [0.2, 0.25) is 0 Å². The van der Waals surface area contributed by atoms with Crippen LogP contribution < -0.4 is 10.1 Å². The summed E-state index contributed by atoms with van der Waals surface area (Å²) in [5.74, 6) is 0.685. The van der Waals surface area contributed by atoms with Crippen LogP contribution in [0.1, 0.15) is 11.3 Å². The molecular formula is C11H16BrNO2S. The fourth-order valence-electron chi connectivity index (χ4n) is 1.77. The molecule has 1 aromatic rings. The molecule has 1 saturated heterocycles. The minimum absolute atomic E-state index is 0.685. The Kier molecular flexibility index (Phi) is 4.64. The van der Waals surface area contributed by atoms with E-state index in [9.17, 15) is 0 Å². The van der Waals surface area contributed by atoms with Crippen molar-refractivity contribution < 1.29 is 9.47 Å². The quantitative estimate of drug-likeness (QED) is 0.907. The van der Waals surface area contributed by atoms with Gasteiger partial charge in [-0.05, 0) is 34.3 Å². The van der Waals surface area contributed by atoms with Gasteiger partial charge >= 0.3 is 0 Å². The van der Waals surface area contributed by atoms with Crippen molar-refractivity contribution >= 4 is 27.3 Å². The Hall–Kier alpha value is -0.100. The Balaban J connectivity index is 1.75. The number of rotatable bonds is 5. The Bertz CT molecular complexity index is 337. The van der Waals surface area contributed by atoms with Crippen molar-refractivity contribution in [2.24, 2.45) is 5.92 Å². The van der Waals surface area contributed by atoms with E-state index >= 15 is 0 Å². The van der Waals surface area contributed by atoms with Gasteiger partial charge in [0.1, 0.15) is 0 Å². The molecule has 2 rings (SSSR count). The standard InChI is InChI=1S/C11H16BrNO2S/c1-14-11-10(12)4-9(16-11)6-13-5-8-2-3-15-7-8/h4,8,13H,2-3,5-7H2,1H3. The molecule has 0 saturated carbocycles. The molecule has 1 atom stereocenters. The number of halogens is 1. The van der Waals surface area contributed by atoms with E-state index in [0.717, 1.165) is 35.8 Å². The lowest BCUT2D eigenvalue weighted by molar-refractivity contribution is 0.185. The average Bonchev–Trinajstić information content (AvgIpc) is 2.88. The second-order valence-electron chi connectivity index (χ2n) is 3.91. The fraction of sp³-hybridized carbons (Fsp3) is 0.636. The molecule has 90 valence electrons. The second-order valence-corrected chi connectivity index (χ2v) is 5.87. The largest absolute Gasteiger partial charge is 0.486 e. The predicted molar refractivity (Wildman–Crippen MR) is 69.2 cm³/mol. The van der Waals surface area contributed by atoms with Gasteiger partial charge in [-0.2, -0.15) is 0 Å². The summed E-state index contributed by atoms with van der Waals surface area (Å²) in [5.41, 5.74) is 0. The topological polar surface area (TPSA) is 30.5 Å². The minimum Gasteiger partial charge on any atom is -0.486 e. The minimum atomic E-state index is 0.685.